The van der Waals surface area contributed by atoms with Crippen LogP contribution >= 0.6 is 0 Å². The molecule has 1 fully saturated rings. The van der Waals surface area contributed by atoms with Crippen molar-refractivity contribution >= 4 is 12.0 Å². The van der Waals surface area contributed by atoms with Crippen molar-refractivity contribution in [2.45, 2.75) is 52.5 Å². The molecule has 1 saturated carbocycles. The van der Waals surface area contributed by atoms with E-state index < -0.39 is 12.0 Å². The maximum absolute atomic E-state index is 11.7. The number of amides is 2. The quantitative estimate of drug-likeness (QED) is 0.703. The van der Waals surface area contributed by atoms with E-state index in [4.69, 9.17) is 5.11 Å². The van der Waals surface area contributed by atoms with Crippen molar-refractivity contribution < 1.29 is 14.7 Å². The summed E-state index contributed by atoms with van der Waals surface area (Å²) in [6.45, 7) is 6.33. The Labute approximate surface area is 108 Å². The van der Waals surface area contributed by atoms with Gasteiger partial charge in [-0.3, -0.25) is 0 Å². The van der Waals surface area contributed by atoms with Gasteiger partial charge in [-0.15, -0.1) is 0 Å². The number of urea groups is 1. The molecule has 0 unspecified atom stereocenters. The molecule has 0 aromatic rings. The number of hydrogen-bond donors (Lipinski definition) is 3. The van der Waals surface area contributed by atoms with Crippen molar-refractivity contribution in [3.05, 3.63) is 0 Å². The first-order chi connectivity index (χ1) is 8.34. The third-order valence-corrected chi connectivity index (χ3v) is 3.71. The van der Waals surface area contributed by atoms with Gasteiger partial charge in [-0.05, 0) is 24.2 Å². The monoisotopic (exact) mass is 256 g/mol. The summed E-state index contributed by atoms with van der Waals surface area (Å²) in [6.07, 6.45) is 4.67. The standard InChI is InChI=1S/C13H24N2O3/c1-9(2)10(11(16)17)15-12(18)14-8-13(3)6-4-5-7-13/h9-10H,4-8H2,1-3H3,(H,16,17)(H2,14,15,18)/t10-/m0/s1. The summed E-state index contributed by atoms with van der Waals surface area (Å²) in [5, 5.41) is 14.3. The van der Waals surface area contributed by atoms with Gasteiger partial charge in [0.15, 0.2) is 0 Å². The molecule has 0 bridgehead atoms. The van der Waals surface area contributed by atoms with E-state index in [1.165, 1.54) is 12.8 Å². The third-order valence-electron chi connectivity index (χ3n) is 3.71. The van der Waals surface area contributed by atoms with E-state index in [0.29, 0.717) is 6.54 Å². The highest BCUT2D eigenvalue weighted by atomic mass is 16.4. The van der Waals surface area contributed by atoms with Crippen molar-refractivity contribution in [1.29, 1.82) is 0 Å². The zero-order chi connectivity index (χ0) is 13.8. The predicted molar refractivity (Wildman–Crippen MR) is 69.4 cm³/mol. The first-order valence-corrected chi connectivity index (χ1v) is 6.61. The van der Waals surface area contributed by atoms with Gasteiger partial charge in [0.25, 0.3) is 0 Å². The molecule has 1 aliphatic rings. The largest absolute Gasteiger partial charge is 0.480 e. The van der Waals surface area contributed by atoms with Gasteiger partial charge >= 0.3 is 12.0 Å². The Morgan fingerprint density at radius 3 is 2.28 bits per heavy atom. The average molecular weight is 256 g/mol. The predicted octanol–water partition coefficient (Wildman–Crippen LogP) is 1.98. The molecule has 104 valence electrons. The van der Waals surface area contributed by atoms with Crippen molar-refractivity contribution in [2.75, 3.05) is 6.54 Å². The lowest BCUT2D eigenvalue weighted by Crippen LogP contribution is -2.50. The molecule has 18 heavy (non-hydrogen) atoms. The van der Waals surface area contributed by atoms with Crippen LogP contribution in [-0.2, 0) is 4.79 Å². The fourth-order valence-electron chi connectivity index (χ4n) is 2.40. The molecule has 5 nitrogen and oxygen atoms in total. The summed E-state index contributed by atoms with van der Waals surface area (Å²) >= 11 is 0. The number of rotatable bonds is 5. The lowest BCUT2D eigenvalue weighted by molar-refractivity contribution is -0.140. The number of aliphatic carboxylic acids is 1. The van der Waals surface area contributed by atoms with Gasteiger partial charge in [0.1, 0.15) is 6.04 Å². The van der Waals surface area contributed by atoms with Crippen LogP contribution in [0.25, 0.3) is 0 Å². The Morgan fingerprint density at radius 1 is 1.28 bits per heavy atom. The second-order valence-corrected chi connectivity index (χ2v) is 5.90. The molecule has 0 aliphatic heterocycles. The topological polar surface area (TPSA) is 78.4 Å². The van der Waals surface area contributed by atoms with Crippen molar-refractivity contribution in [2.24, 2.45) is 11.3 Å². The van der Waals surface area contributed by atoms with Crippen LogP contribution in [0.15, 0.2) is 0 Å². The molecule has 3 N–H and O–H groups in total. The summed E-state index contributed by atoms with van der Waals surface area (Å²) in [4.78, 5) is 22.6. The first-order valence-electron chi connectivity index (χ1n) is 6.61. The lowest BCUT2D eigenvalue weighted by atomic mass is 9.89. The molecule has 5 heteroatoms. The number of hydrogen-bond acceptors (Lipinski definition) is 2. The molecular weight excluding hydrogens is 232 g/mol. The molecule has 1 atom stereocenters. The smallest absolute Gasteiger partial charge is 0.326 e. The summed E-state index contributed by atoms with van der Waals surface area (Å²) in [6, 6.07) is -1.22. The number of carbonyl (C=O) groups excluding carboxylic acids is 1. The highest BCUT2D eigenvalue weighted by molar-refractivity contribution is 5.82. The minimum Gasteiger partial charge on any atom is -0.480 e. The maximum Gasteiger partial charge on any atom is 0.326 e. The molecule has 2 amide bonds. The lowest BCUT2D eigenvalue weighted by Gasteiger charge is -2.25. The number of nitrogens with one attached hydrogen (secondary N) is 2. The van der Waals surface area contributed by atoms with Crippen LogP contribution < -0.4 is 10.6 Å². The summed E-state index contributed by atoms with van der Waals surface area (Å²) in [5.74, 6) is -1.12. The van der Waals surface area contributed by atoms with Crippen LogP contribution in [0.3, 0.4) is 0 Å². The van der Waals surface area contributed by atoms with E-state index in [0.717, 1.165) is 12.8 Å². The molecule has 1 aliphatic carbocycles. The average Bonchev–Trinajstić information content (AvgIpc) is 2.70. The second-order valence-electron chi connectivity index (χ2n) is 5.90. The zero-order valence-electron chi connectivity index (χ0n) is 11.5. The van der Waals surface area contributed by atoms with Crippen molar-refractivity contribution in [1.82, 2.24) is 10.6 Å². The summed E-state index contributed by atoms with van der Waals surface area (Å²) in [7, 11) is 0. The van der Waals surface area contributed by atoms with Crippen molar-refractivity contribution in [3.8, 4) is 0 Å². The molecule has 0 aromatic carbocycles. The normalized spacial score (nSPS) is 19.6. The summed E-state index contributed by atoms with van der Waals surface area (Å²) < 4.78 is 0. The van der Waals surface area contributed by atoms with Gasteiger partial charge in [0, 0.05) is 6.54 Å². The van der Waals surface area contributed by atoms with E-state index in [-0.39, 0.29) is 17.4 Å². The van der Waals surface area contributed by atoms with Crippen LogP contribution in [-0.4, -0.2) is 29.7 Å². The molecule has 0 spiro atoms. The van der Waals surface area contributed by atoms with E-state index in [9.17, 15) is 9.59 Å². The molecular formula is C13H24N2O3. The minimum absolute atomic E-state index is 0.129. The van der Waals surface area contributed by atoms with Crippen LogP contribution in [0.2, 0.25) is 0 Å². The Morgan fingerprint density at radius 2 is 1.83 bits per heavy atom. The molecule has 0 radical (unpaired) electrons. The molecule has 0 aromatic heterocycles. The first kappa shape index (κ1) is 14.8. The maximum atomic E-state index is 11.7. The fourth-order valence-corrected chi connectivity index (χ4v) is 2.40. The van der Waals surface area contributed by atoms with Crippen LogP contribution in [0.5, 0.6) is 0 Å². The Bertz CT molecular complexity index is 309. The molecule has 0 heterocycles. The fraction of sp³-hybridized carbons (Fsp3) is 0.846. The Balaban J connectivity index is 2.38. The Kier molecular flexibility index (Phi) is 4.99. The number of carboxylic acids is 1. The van der Waals surface area contributed by atoms with Gasteiger partial charge in [-0.25, -0.2) is 9.59 Å². The highest BCUT2D eigenvalue weighted by Gasteiger charge is 2.29. The Hall–Kier alpha value is -1.26. The van der Waals surface area contributed by atoms with Gasteiger partial charge in [0.2, 0.25) is 0 Å². The second kappa shape index (κ2) is 6.07. The van der Waals surface area contributed by atoms with Crippen LogP contribution in [0.4, 0.5) is 4.79 Å². The number of carboxylic acid groups (broad SMARTS) is 1. The van der Waals surface area contributed by atoms with E-state index in [1.54, 1.807) is 13.8 Å². The van der Waals surface area contributed by atoms with E-state index in [2.05, 4.69) is 17.6 Å². The minimum atomic E-state index is -0.993. The summed E-state index contributed by atoms with van der Waals surface area (Å²) in [5.41, 5.74) is 0.174. The van der Waals surface area contributed by atoms with Gasteiger partial charge < -0.3 is 15.7 Å². The zero-order valence-corrected chi connectivity index (χ0v) is 11.5. The van der Waals surface area contributed by atoms with Gasteiger partial charge in [0.05, 0.1) is 0 Å². The third kappa shape index (κ3) is 4.20. The van der Waals surface area contributed by atoms with Crippen molar-refractivity contribution in [3.63, 3.8) is 0 Å². The highest BCUT2D eigenvalue weighted by Crippen LogP contribution is 2.36. The van der Waals surface area contributed by atoms with E-state index >= 15 is 0 Å². The number of carbonyl (C=O) groups is 2. The van der Waals surface area contributed by atoms with Crippen LogP contribution in [0.1, 0.15) is 46.5 Å². The molecule has 0 saturated heterocycles. The van der Waals surface area contributed by atoms with Crippen LogP contribution in [0, 0.1) is 11.3 Å². The van der Waals surface area contributed by atoms with E-state index in [1.807, 2.05) is 0 Å². The molecule has 1 rings (SSSR count). The van der Waals surface area contributed by atoms with Gasteiger partial charge in [-0.2, -0.15) is 0 Å². The SMILES string of the molecule is CC(C)[C@H](NC(=O)NCC1(C)CCCC1)C(=O)O. The van der Waals surface area contributed by atoms with Gasteiger partial charge in [-0.1, -0.05) is 33.6 Å².